The summed E-state index contributed by atoms with van der Waals surface area (Å²) >= 11 is 1.61. The third-order valence-corrected chi connectivity index (χ3v) is 7.97. The van der Waals surface area contributed by atoms with Gasteiger partial charge in [-0.2, -0.15) is 0 Å². The number of ketones is 1. The molecule has 1 aromatic heterocycles. The largest absolute Gasteiger partial charge is 0.496 e. The molecule has 196 valence electrons. The van der Waals surface area contributed by atoms with E-state index in [1.165, 1.54) is 0 Å². The summed E-state index contributed by atoms with van der Waals surface area (Å²) in [6.45, 7) is 9.67. The van der Waals surface area contributed by atoms with E-state index in [4.69, 9.17) is 14.2 Å². The molecule has 1 aliphatic carbocycles. The van der Waals surface area contributed by atoms with Crippen LogP contribution >= 0.6 is 11.3 Å². The summed E-state index contributed by atoms with van der Waals surface area (Å²) in [4.78, 5) is 43.0. The zero-order chi connectivity index (χ0) is 26.9. The lowest BCUT2D eigenvalue weighted by molar-refractivity contribution is -0.152. The van der Waals surface area contributed by atoms with Crippen LogP contribution in [0.1, 0.15) is 59.9 Å². The van der Waals surface area contributed by atoms with Crippen LogP contribution in [0.25, 0.3) is 0 Å². The number of hydrogen-bond donors (Lipinski definition) is 1. The van der Waals surface area contributed by atoms with Gasteiger partial charge in [0, 0.05) is 38.6 Å². The third kappa shape index (κ3) is 4.82. The molecule has 1 N–H and O–H groups in total. The van der Waals surface area contributed by atoms with E-state index in [9.17, 15) is 14.4 Å². The van der Waals surface area contributed by atoms with E-state index in [1.807, 2.05) is 51.1 Å². The summed E-state index contributed by atoms with van der Waals surface area (Å²) in [5, 5.41) is 3.34. The van der Waals surface area contributed by atoms with Crippen LogP contribution in [0.2, 0.25) is 0 Å². The number of thiophene rings is 1. The number of hydrogen-bond acceptors (Lipinski definition) is 8. The van der Waals surface area contributed by atoms with Crippen molar-refractivity contribution in [1.82, 2.24) is 5.32 Å². The van der Waals surface area contributed by atoms with Gasteiger partial charge in [-0.15, -0.1) is 11.3 Å². The molecule has 2 aromatic rings. The van der Waals surface area contributed by atoms with Gasteiger partial charge in [-0.3, -0.25) is 9.59 Å². The highest BCUT2D eigenvalue weighted by Gasteiger charge is 2.50. The van der Waals surface area contributed by atoms with Crippen molar-refractivity contribution in [3.8, 4) is 5.75 Å². The van der Waals surface area contributed by atoms with Gasteiger partial charge >= 0.3 is 11.9 Å². The Hall–Kier alpha value is -3.39. The maximum absolute atomic E-state index is 14.4. The Morgan fingerprint density at radius 1 is 1.05 bits per heavy atom. The molecule has 0 unspecified atom stereocenters. The summed E-state index contributed by atoms with van der Waals surface area (Å²) in [5.74, 6) is -2.97. The summed E-state index contributed by atoms with van der Waals surface area (Å²) < 4.78 is 16.4. The summed E-state index contributed by atoms with van der Waals surface area (Å²) in [6, 6.07) is 9.45. The quantitative estimate of drug-likeness (QED) is 0.399. The number of carbonyl (C=O) groups is 3. The molecule has 0 saturated carbocycles. The van der Waals surface area contributed by atoms with E-state index in [-0.39, 0.29) is 19.0 Å². The molecule has 4 rings (SSSR count). The van der Waals surface area contributed by atoms with Crippen LogP contribution in [0.4, 0.5) is 0 Å². The molecule has 37 heavy (non-hydrogen) atoms. The van der Waals surface area contributed by atoms with Crippen molar-refractivity contribution in [3.05, 3.63) is 73.8 Å². The average Bonchev–Trinajstić information content (AvgIpc) is 3.20. The van der Waals surface area contributed by atoms with Gasteiger partial charge < -0.3 is 19.5 Å². The Kier molecular flexibility index (Phi) is 7.87. The molecule has 0 spiro atoms. The Bertz CT molecular complexity index is 1300. The van der Waals surface area contributed by atoms with Gasteiger partial charge in [0.05, 0.1) is 25.9 Å². The van der Waals surface area contributed by atoms with Gasteiger partial charge in [0.15, 0.2) is 5.78 Å². The fourth-order valence-corrected chi connectivity index (χ4v) is 6.49. The first-order valence-electron chi connectivity index (χ1n) is 12.5. The van der Waals surface area contributed by atoms with Gasteiger partial charge in [-0.25, -0.2) is 4.79 Å². The van der Waals surface area contributed by atoms with Crippen LogP contribution in [0.3, 0.4) is 0 Å². The number of rotatable bonds is 7. The lowest BCUT2D eigenvalue weighted by atomic mass is 9.67. The van der Waals surface area contributed by atoms with Crippen LogP contribution in [-0.2, 0) is 23.9 Å². The smallest absolute Gasteiger partial charge is 0.336 e. The van der Waals surface area contributed by atoms with E-state index < -0.39 is 29.7 Å². The summed E-state index contributed by atoms with van der Waals surface area (Å²) in [5.41, 5.74) is 3.83. The monoisotopic (exact) mass is 523 g/mol. The first-order chi connectivity index (χ1) is 17.7. The van der Waals surface area contributed by atoms with Gasteiger partial charge in [-0.05, 0) is 64.3 Å². The molecule has 2 heterocycles. The van der Waals surface area contributed by atoms with Crippen molar-refractivity contribution in [2.45, 2.75) is 52.9 Å². The molecule has 7 nitrogen and oxygen atoms in total. The molecule has 1 aromatic carbocycles. The highest BCUT2D eigenvalue weighted by Crippen LogP contribution is 2.50. The lowest BCUT2D eigenvalue weighted by Gasteiger charge is -2.39. The normalized spacial score (nSPS) is 21.4. The second-order valence-electron chi connectivity index (χ2n) is 9.22. The maximum atomic E-state index is 14.4. The molecular formula is C29H33NO6S. The fourth-order valence-electron chi connectivity index (χ4n) is 5.53. The number of esters is 2. The van der Waals surface area contributed by atoms with Crippen molar-refractivity contribution < 1.29 is 28.6 Å². The van der Waals surface area contributed by atoms with Crippen molar-refractivity contribution in [2.75, 3.05) is 20.3 Å². The van der Waals surface area contributed by atoms with Crippen LogP contribution in [0, 0.1) is 19.8 Å². The minimum atomic E-state index is -1.07. The number of carbonyl (C=O) groups excluding carboxylic acids is 3. The maximum Gasteiger partial charge on any atom is 0.336 e. The Balaban J connectivity index is 1.93. The second-order valence-corrected chi connectivity index (χ2v) is 10.7. The van der Waals surface area contributed by atoms with E-state index in [2.05, 4.69) is 5.32 Å². The highest BCUT2D eigenvalue weighted by molar-refractivity contribution is 7.12. The molecule has 0 saturated heterocycles. The van der Waals surface area contributed by atoms with Gasteiger partial charge in [-0.1, -0.05) is 18.2 Å². The Morgan fingerprint density at radius 3 is 2.38 bits per heavy atom. The molecule has 0 amide bonds. The third-order valence-electron chi connectivity index (χ3n) is 6.98. The number of para-hydroxylation sites is 1. The van der Waals surface area contributed by atoms with Gasteiger partial charge in [0.1, 0.15) is 11.7 Å². The minimum Gasteiger partial charge on any atom is -0.496 e. The zero-order valence-electron chi connectivity index (χ0n) is 22.1. The molecule has 1 aliphatic heterocycles. The zero-order valence-corrected chi connectivity index (χ0v) is 22.9. The van der Waals surface area contributed by atoms with Crippen molar-refractivity contribution in [2.24, 2.45) is 5.92 Å². The molecule has 0 bridgehead atoms. The summed E-state index contributed by atoms with van der Waals surface area (Å²) in [6.07, 6.45) is 0.386. The average molecular weight is 524 g/mol. The predicted octanol–water partition coefficient (Wildman–Crippen LogP) is 5.09. The van der Waals surface area contributed by atoms with Crippen molar-refractivity contribution in [1.29, 1.82) is 0 Å². The van der Waals surface area contributed by atoms with Crippen LogP contribution in [0.15, 0.2) is 52.9 Å². The van der Waals surface area contributed by atoms with E-state index in [1.54, 1.807) is 32.3 Å². The number of Topliss-reactive ketones (excluding diaryl/α,β-unsaturated/α-hetero) is 1. The Morgan fingerprint density at radius 2 is 1.76 bits per heavy atom. The SMILES string of the molecule is CCOC(=O)C1=C(C)NC2=C(C(=O)[C@H](C(=O)OCC)[C@@H](c3ccccc3OC)C2)[C@@H]1c1cc(C)sc1C. The molecule has 2 aliphatic rings. The van der Waals surface area contributed by atoms with E-state index in [0.717, 1.165) is 20.9 Å². The van der Waals surface area contributed by atoms with Gasteiger partial charge in [0.25, 0.3) is 0 Å². The van der Waals surface area contributed by atoms with Crippen molar-refractivity contribution >= 4 is 29.1 Å². The van der Waals surface area contributed by atoms with Crippen LogP contribution in [-0.4, -0.2) is 38.0 Å². The molecular weight excluding hydrogens is 490 g/mol. The number of allylic oxidation sites excluding steroid dienone is 3. The molecule has 8 heteroatoms. The number of aryl methyl sites for hydroxylation is 2. The molecule has 0 fully saturated rings. The number of dihydropyridines is 1. The standard InChI is InChI=1S/C29H33NO6S/c1-7-35-28(32)23-16(4)30-21-14-20(18-11-9-10-12-22(18)34-6)25(29(33)36-8-2)27(31)26(21)24(23)19-13-15(3)37-17(19)5/h9-13,20,24-25,30H,7-8,14H2,1-6H3/t20-,24-,25-/m1/s1. The molecule has 3 atom stereocenters. The minimum absolute atomic E-state index is 0.158. The number of benzene rings is 1. The fraction of sp³-hybridized carbons (Fsp3) is 0.414. The Labute approximate surface area is 221 Å². The van der Waals surface area contributed by atoms with Crippen LogP contribution < -0.4 is 10.1 Å². The number of ether oxygens (including phenoxy) is 3. The highest BCUT2D eigenvalue weighted by atomic mass is 32.1. The van der Waals surface area contributed by atoms with E-state index in [0.29, 0.717) is 34.7 Å². The number of nitrogens with one attached hydrogen (secondary N) is 1. The summed E-state index contributed by atoms with van der Waals surface area (Å²) in [7, 11) is 1.57. The topological polar surface area (TPSA) is 90.9 Å². The van der Waals surface area contributed by atoms with Gasteiger partial charge in [0.2, 0.25) is 0 Å². The number of methoxy groups -OCH3 is 1. The first-order valence-corrected chi connectivity index (χ1v) is 13.3. The first kappa shape index (κ1) is 26.7. The van der Waals surface area contributed by atoms with E-state index >= 15 is 0 Å². The second kappa shape index (κ2) is 10.9. The lowest BCUT2D eigenvalue weighted by Crippen LogP contribution is -2.43. The van der Waals surface area contributed by atoms with Crippen LogP contribution in [0.5, 0.6) is 5.75 Å². The molecule has 0 radical (unpaired) electrons. The predicted molar refractivity (Wildman–Crippen MR) is 142 cm³/mol. The van der Waals surface area contributed by atoms with Crippen molar-refractivity contribution in [3.63, 3.8) is 0 Å².